The predicted octanol–water partition coefficient (Wildman–Crippen LogP) is 3.46. The molecule has 2 nitrogen and oxygen atoms in total. The van der Waals surface area contributed by atoms with Gasteiger partial charge in [0.15, 0.2) is 0 Å². The number of nitrogens with one attached hydrogen (secondary N) is 1. The van der Waals surface area contributed by atoms with Gasteiger partial charge in [0.05, 0.1) is 6.07 Å². The van der Waals surface area contributed by atoms with Crippen molar-refractivity contribution in [3.8, 4) is 6.07 Å². The Morgan fingerprint density at radius 2 is 2.43 bits per heavy atom. The first kappa shape index (κ1) is 11.7. The van der Waals surface area contributed by atoms with Gasteiger partial charge in [-0.15, -0.1) is 11.3 Å². The van der Waals surface area contributed by atoms with Crippen LogP contribution in [0.15, 0.2) is 15.9 Å². The summed E-state index contributed by atoms with van der Waals surface area (Å²) in [6.45, 7) is 4.20. The van der Waals surface area contributed by atoms with E-state index >= 15 is 0 Å². The van der Waals surface area contributed by atoms with E-state index in [-0.39, 0.29) is 6.04 Å². The summed E-state index contributed by atoms with van der Waals surface area (Å²) in [5, 5.41) is 14.3. The van der Waals surface area contributed by atoms with Crippen LogP contribution >= 0.6 is 27.3 Å². The normalized spacial score (nSPS) is 14.7. The largest absolute Gasteiger partial charge is 0.295 e. The van der Waals surface area contributed by atoms with Gasteiger partial charge in [-0.1, -0.05) is 6.92 Å². The molecule has 1 N–H and O–H groups in total. The Kier molecular flexibility index (Phi) is 4.59. The van der Waals surface area contributed by atoms with E-state index in [0.717, 1.165) is 15.8 Å². The van der Waals surface area contributed by atoms with Crippen molar-refractivity contribution in [3.63, 3.8) is 0 Å². The molecule has 0 aliphatic heterocycles. The zero-order valence-corrected chi connectivity index (χ0v) is 10.7. The second kappa shape index (κ2) is 5.50. The van der Waals surface area contributed by atoms with E-state index in [4.69, 9.17) is 5.26 Å². The van der Waals surface area contributed by atoms with Crippen molar-refractivity contribution in [2.45, 2.75) is 32.4 Å². The molecular formula is C10H13BrN2S. The number of hydrogen-bond acceptors (Lipinski definition) is 3. The maximum absolute atomic E-state index is 9.01. The Hall–Kier alpha value is -0.370. The van der Waals surface area contributed by atoms with Crippen molar-refractivity contribution in [2.75, 3.05) is 0 Å². The first-order valence-corrected chi connectivity index (χ1v) is 6.24. The molecule has 0 saturated carbocycles. The summed E-state index contributed by atoms with van der Waals surface area (Å²) in [5.41, 5.74) is 0. The Morgan fingerprint density at radius 1 is 1.71 bits per heavy atom. The average molecular weight is 273 g/mol. The number of hydrogen-bond donors (Lipinski definition) is 1. The summed E-state index contributed by atoms with van der Waals surface area (Å²) in [6.07, 6.45) is 1.03. The molecule has 0 saturated heterocycles. The molecule has 2 atom stereocenters. The van der Waals surface area contributed by atoms with E-state index in [1.807, 2.05) is 11.4 Å². The van der Waals surface area contributed by atoms with Gasteiger partial charge in [0.1, 0.15) is 6.04 Å². The molecule has 0 spiro atoms. The Bertz CT molecular complexity index is 329. The van der Waals surface area contributed by atoms with Gasteiger partial charge in [0.2, 0.25) is 0 Å². The number of halogens is 1. The summed E-state index contributed by atoms with van der Waals surface area (Å²) < 4.78 is 1.05. The number of nitrogens with zero attached hydrogens (tertiary/aromatic N) is 1. The molecule has 1 rings (SSSR count). The van der Waals surface area contributed by atoms with Gasteiger partial charge >= 0.3 is 0 Å². The van der Waals surface area contributed by atoms with Crippen LogP contribution in [0.25, 0.3) is 0 Å². The van der Waals surface area contributed by atoms with Crippen molar-refractivity contribution >= 4 is 27.3 Å². The highest BCUT2D eigenvalue weighted by atomic mass is 79.9. The average Bonchev–Trinajstić information content (AvgIpc) is 2.60. The van der Waals surface area contributed by atoms with Crippen molar-refractivity contribution < 1.29 is 0 Å². The topological polar surface area (TPSA) is 35.8 Å². The molecule has 0 fully saturated rings. The highest BCUT2D eigenvalue weighted by Gasteiger charge is 2.14. The van der Waals surface area contributed by atoms with Crippen molar-refractivity contribution in [1.29, 1.82) is 5.26 Å². The first-order valence-electron chi connectivity index (χ1n) is 4.57. The SMILES string of the molecule is CCC(C)NC(C#N)c1cc(Br)cs1. The molecule has 0 aromatic carbocycles. The van der Waals surface area contributed by atoms with Crippen LogP contribution in [0.3, 0.4) is 0 Å². The summed E-state index contributed by atoms with van der Waals surface area (Å²) in [7, 11) is 0. The molecule has 0 amide bonds. The molecule has 0 aliphatic rings. The molecular weight excluding hydrogens is 260 g/mol. The molecule has 0 radical (unpaired) electrons. The predicted molar refractivity (Wildman–Crippen MR) is 63.3 cm³/mol. The maximum Gasteiger partial charge on any atom is 0.130 e. The molecule has 1 aromatic heterocycles. The number of rotatable bonds is 4. The lowest BCUT2D eigenvalue weighted by Crippen LogP contribution is -2.28. The van der Waals surface area contributed by atoms with Gasteiger partial charge < -0.3 is 0 Å². The first-order chi connectivity index (χ1) is 6.67. The van der Waals surface area contributed by atoms with Crippen LogP contribution in [0.1, 0.15) is 31.2 Å². The smallest absolute Gasteiger partial charge is 0.130 e. The standard InChI is InChI=1S/C10H13BrN2S/c1-3-7(2)13-9(5-12)10-4-8(11)6-14-10/h4,6-7,9,13H,3H2,1-2H3. The fourth-order valence-corrected chi connectivity index (χ4v) is 2.51. The van der Waals surface area contributed by atoms with Crippen molar-refractivity contribution in [3.05, 3.63) is 20.8 Å². The summed E-state index contributed by atoms with van der Waals surface area (Å²) >= 11 is 4.99. The Labute approximate surface area is 97.1 Å². The third kappa shape index (κ3) is 3.09. The van der Waals surface area contributed by atoms with Gasteiger partial charge in [-0.05, 0) is 35.3 Å². The third-order valence-electron chi connectivity index (χ3n) is 2.06. The van der Waals surface area contributed by atoms with Gasteiger partial charge in [-0.2, -0.15) is 5.26 Å². The van der Waals surface area contributed by atoms with Gasteiger partial charge in [-0.3, -0.25) is 5.32 Å². The molecule has 0 aliphatic carbocycles. The molecule has 4 heteroatoms. The molecule has 1 heterocycles. The monoisotopic (exact) mass is 272 g/mol. The van der Waals surface area contributed by atoms with Crippen LogP contribution in [0.2, 0.25) is 0 Å². The van der Waals surface area contributed by atoms with E-state index in [2.05, 4.69) is 41.2 Å². The lowest BCUT2D eigenvalue weighted by atomic mass is 10.2. The summed E-state index contributed by atoms with van der Waals surface area (Å²) in [6, 6.07) is 4.47. The van der Waals surface area contributed by atoms with Gasteiger partial charge in [0, 0.05) is 20.8 Å². The second-order valence-corrected chi connectivity index (χ2v) is 5.06. The fraction of sp³-hybridized carbons (Fsp3) is 0.500. The van der Waals surface area contributed by atoms with Crippen LogP contribution < -0.4 is 5.32 Å². The van der Waals surface area contributed by atoms with E-state index in [0.29, 0.717) is 6.04 Å². The number of thiophene rings is 1. The zero-order chi connectivity index (χ0) is 10.6. The number of nitriles is 1. The van der Waals surface area contributed by atoms with Crippen LogP contribution in [-0.2, 0) is 0 Å². The minimum Gasteiger partial charge on any atom is -0.295 e. The van der Waals surface area contributed by atoms with Crippen LogP contribution in [-0.4, -0.2) is 6.04 Å². The summed E-state index contributed by atoms with van der Waals surface area (Å²) in [4.78, 5) is 1.07. The fourth-order valence-electron chi connectivity index (χ4n) is 1.07. The Balaban J connectivity index is 2.69. The van der Waals surface area contributed by atoms with Crippen LogP contribution in [0, 0.1) is 11.3 Å². The second-order valence-electron chi connectivity index (χ2n) is 3.21. The minimum atomic E-state index is -0.179. The van der Waals surface area contributed by atoms with E-state index in [1.165, 1.54) is 0 Å². The van der Waals surface area contributed by atoms with E-state index in [9.17, 15) is 0 Å². The Morgan fingerprint density at radius 3 is 2.86 bits per heavy atom. The molecule has 1 aromatic rings. The molecule has 2 unspecified atom stereocenters. The molecule has 0 bridgehead atoms. The van der Waals surface area contributed by atoms with Gasteiger partial charge in [-0.25, -0.2) is 0 Å². The van der Waals surface area contributed by atoms with Crippen molar-refractivity contribution in [1.82, 2.24) is 5.32 Å². The van der Waals surface area contributed by atoms with Crippen molar-refractivity contribution in [2.24, 2.45) is 0 Å². The van der Waals surface area contributed by atoms with E-state index in [1.54, 1.807) is 11.3 Å². The van der Waals surface area contributed by atoms with Crippen LogP contribution in [0.5, 0.6) is 0 Å². The quantitative estimate of drug-likeness (QED) is 0.911. The molecule has 14 heavy (non-hydrogen) atoms. The van der Waals surface area contributed by atoms with Crippen LogP contribution in [0.4, 0.5) is 0 Å². The van der Waals surface area contributed by atoms with E-state index < -0.39 is 0 Å². The lowest BCUT2D eigenvalue weighted by Gasteiger charge is -2.15. The van der Waals surface area contributed by atoms with Gasteiger partial charge in [0.25, 0.3) is 0 Å². The lowest BCUT2D eigenvalue weighted by molar-refractivity contribution is 0.505. The minimum absolute atomic E-state index is 0.179. The zero-order valence-electron chi connectivity index (χ0n) is 8.25. The summed E-state index contributed by atoms with van der Waals surface area (Å²) in [5.74, 6) is 0. The maximum atomic E-state index is 9.01. The highest BCUT2D eigenvalue weighted by molar-refractivity contribution is 9.10. The third-order valence-corrected chi connectivity index (χ3v) is 3.82. The highest BCUT2D eigenvalue weighted by Crippen LogP contribution is 2.25. The molecule has 76 valence electrons.